The van der Waals surface area contributed by atoms with E-state index in [1.807, 2.05) is 0 Å². The second-order valence-corrected chi connectivity index (χ2v) is 3.92. The van der Waals surface area contributed by atoms with Gasteiger partial charge in [-0.3, -0.25) is 4.79 Å². The number of nitrogens with one attached hydrogen (secondary N) is 2. The predicted molar refractivity (Wildman–Crippen MR) is 51.4 cm³/mol. The van der Waals surface area contributed by atoms with E-state index in [4.69, 9.17) is 5.11 Å². The molecule has 0 radical (unpaired) electrons. The van der Waals surface area contributed by atoms with Gasteiger partial charge in [0.1, 0.15) is 6.54 Å². The minimum atomic E-state index is -4.47. The summed E-state index contributed by atoms with van der Waals surface area (Å²) >= 11 is 0. The Morgan fingerprint density at radius 2 is 1.94 bits per heavy atom. The van der Waals surface area contributed by atoms with Crippen LogP contribution in [0.15, 0.2) is 0 Å². The number of carboxylic acid groups (broad SMARTS) is 1. The summed E-state index contributed by atoms with van der Waals surface area (Å²) in [7, 11) is 0. The highest BCUT2D eigenvalue weighted by Gasteiger charge is 2.34. The van der Waals surface area contributed by atoms with Gasteiger partial charge in [0.2, 0.25) is 0 Å². The van der Waals surface area contributed by atoms with Crippen molar-refractivity contribution < 1.29 is 27.9 Å². The molecule has 5 nitrogen and oxygen atoms in total. The normalized spacial score (nSPS) is 24.4. The SMILES string of the molecule is O=C(NCC(F)(F)F)NC1CCCC1C(=O)O. The van der Waals surface area contributed by atoms with Crippen LogP contribution in [0.1, 0.15) is 19.3 Å². The van der Waals surface area contributed by atoms with Gasteiger partial charge in [-0.15, -0.1) is 0 Å². The molecular formula is C9H13F3N2O3. The third-order valence-corrected chi connectivity index (χ3v) is 2.60. The zero-order valence-corrected chi connectivity index (χ0v) is 8.88. The van der Waals surface area contributed by atoms with Gasteiger partial charge in [-0.2, -0.15) is 13.2 Å². The molecule has 0 aliphatic heterocycles. The van der Waals surface area contributed by atoms with Crippen molar-refractivity contribution in [2.24, 2.45) is 5.92 Å². The lowest BCUT2D eigenvalue weighted by molar-refractivity contribution is -0.142. The van der Waals surface area contributed by atoms with E-state index >= 15 is 0 Å². The second-order valence-electron chi connectivity index (χ2n) is 3.92. The van der Waals surface area contributed by atoms with Gasteiger partial charge in [0, 0.05) is 6.04 Å². The number of urea groups is 1. The minimum Gasteiger partial charge on any atom is -0.481 e. The van der Waals surface area contributed by atoms with E-state index in [9.17, 15) is 22.8 Å². The summed E-state index contributed by atoms with van der Waals surface area (Å²) in [5.74, 6) is -1.75. The number of halogens is 3. The van der Waals surface area contributed by atoms with Crippen molar-refractivity contribution in [1.82, 2.24) is 10.6 Å². The van der Waals surface area contributed by atoms with E-state index in [1.165, 1.54) is 0 Å². The quantitative estimate of drug-likeness (QED) is 0.705. The Kier molecular flexibility index (Phi) is 4.19. The van der Waals surface area contributed by atoms with Gasteiger partial charge in [0.15, 0.2) is 0 Å². The predicted octanol–water partition coefficient (Wildman–Crippen LogP) is 1.10. The maximum absolute atomic E-state index is 11.8. The van der Waals surface area contributed by atoms with Crippen molar-refractivity contribution in [2.45, 2.75) is 31.5 Å². The summed E-state index contributed by atoms with van der Waals surface area (Å²) < 4.78 is 35.4. The molecule has 2 amide bonds. The number of hydrogen-bond acceptors (Lipinski definition) is 2. The smallest absolute Gasteiger partial charge is 0.405 e. The van der Waals surface area contributed by atoms with E-state index < -0.39 is 36.7 Å². The number of carbonyl (C=O) groups excluding carboxylic acids is 1. The monoisotopic (exact) mass is 254 g/mol. The highest BCUT2D eigenvalue weighted by Crippen LogP contribution is 2.25. The van der Waals surface area contributed by atoms with Crippen LogP contribution in [0.2, 0.25) is 0 Å². The van der Waals surface area contributed by atoms with E-state index in [0.29, 0.717) is 19.3 Å². The Labute approximate surface area is 95.4 Å². The summed E-state index contributed by atoms with van der Waals surface area (Å²) in [6.07, 6.45) is -2.93. The summed E-state index contributed by atoms with van der Waals surface area (Å²) in [5, 5.41) is 12.7. The number of carbonyl (C=O) groups is 2. The Bertz CT molecular complexity index is 306. The number of aliphatic carboxylic acids is 1. The van der Waals surface area contributed by atoms with Crippen LogP contribution in [0.3, 0.4) is 0 Å². The Balaban J connectivity index is 2.38. The fourth-order valence-corrected chi connectivity index (χ4v) is 1.83. The molecule has 98 valence electrons. The molecule has 1 saturated carbocycles. The van der Waals surface area contributed by atoms with Gasteiger partial charge in [-0.1, -0.05) is 6.42 Å². The molecule has 1 aliphatic rings. The van der Waals surface area contributed by atoms with Crippen LogP contribution in [0.25, 0.3) is 0 Å². The van der Waals surface area contributed by atoms with Crippen LogP contribution in [-0.4, -0.2) is 35.9 Å². The largest absolute Gasteiger partial charge is 0.481 e. The topological polar surface area (TPSA) is 78.4 Å². The maximum atomic E-state index is 11.8. The van der Waals surface area contributed by atoms with Crippen molar-refractivity contribution in [3.8, 4) is 0 Å². The zero-order chi connectivity index (χ0) is 13.1. The molecule has 1 aliphatic carbocycles. The van der Waals surface area contributed by atoms with E-state index in [-0.39, 0.29) is 0 Å². The molecule has 3 N–H and O–H groups in total. The van der Waals surface area contributed by atoms with Crippen LogP contribution < -0.4 is 10.6 Å². The van der Waals surface area contributed by atoms with Gasteiger partial charge < -0.3 is 15.7 Å². The highest BCUT2D eigenvalue weighted by molar-refractivity contribution is 5.77. The summed E-state index contributed by atoms with van der Waals surface area (Å²) in [5.41, 5.74) is 0. The molecule has 0 heterocycles. The minimum absolute atomic E-state index is 0.430. The number of alkyl halides is 3. The van der Waals surface area contributed by atoms with Crippen molar-refractivity contribution in [3.63, 3.8) is 0 Å². The number of rotatable bonds is 3. The fourth-order valence-electron chi connectivity index (χ4n) is 1.83. The summed E-state index contributed by atoms with van der Waals surface area (Å²) in [6, 6.07) is -1.58. The Morgan fingerprint density at radius 3 is 2.47 bits per heavy atom. The van der Waals surface area contributed by atoms with Crippen LogP contribution in [-0.2, 0) is 4.79 Å². The lowest BCUT2D eigenvalue weighted by Crippen LogP contribution is -2.47. The first-order chi connectivity index (χ1) is 7.79. The van der Waals surface area contributed by atoms with Crippen LogP contribution in [0.5, 0.6) is 0 Å². The summed E-state index contributed by atoms with van der Waals surface area (Å²) in [6.45, 7) is -1.43. The van der Waals surface area contributed by atoms with Crippen LogP contribution in [0.4, 0.5) is 18.0 Å². The number of carboxylic acids is 1. The standard InChI is InChI=1S/C9H13F3N2O3/c10-9(11,12)4-13-8(17)14-6-3-1-2-5(6)7(15)16/h5-6H,1-4H2,(H,15,16)(H2,13,14,17). The molecule has 17 heavy (non-hydrogen) atoms. The first-order valence-corrected chi connectivity index (χ1v) is 5.13. The molecule has 0 aromatic carbocycles. The van der Waals surface area contributed by atoms with Crippen LogP contribution in [0, 0.1) is 5.92 Å². The third-order valence-electron chi connectivity index (χ3n) is 2.60. The van der Waals surface area contributed by atoms with Crippen molar-refractivity contribution in [3.05, 3.63) is 0 Å². The maximum Gasteiger partial charge on any atom is 0.405 e. The van der Waals surface area contributed by atoms with Crippen molar-refractivity contribution in [2.75, 3.05) is 6.54 Å². The first kappa shape index (κ1) is 13.6. The average Bonchev–Trinajstić information content (AvgIpc) is 2.62. The summed E-state index contributed by atoms with van der Waals surface area (Å²) in [4.78, 5) is 21.9. The van der Waals surface area contributed by atoms with Gasteiger partial charge in [0.25, 0.3) is 0 Å². The first-order valence-electron chi connectivity index (χ1n) is 5.13. The molecule has 1 rings (SSSR count). The average molecular weight is 254 g/mol. The van der Waals surface area contributed by atoms with Crippen molar-refractivity contribution in [1.29, 1.82) is 0 Å². The molecule has 0 aromatic rings. The number of hydrogen-bond donors (Lipinski definition) is 3. The van der Waals surface area contributed by atoms with Gasteiger partial charge >= 0.3 is 18.2 Å². The lowest BCUT2D eigenvalue weighted by atomic mass is 10.0. The lowest BCUT2D eigenvalue weighted by Gasteiger charge is -2.18. The molecule has 1 fully saturated rings. The molecule has 0 aromatic heterocycles. The molecular weight excluding hydrogens is 241 g/mol. The molecule has 8 heteroatoms. The Morgan fingerprint density at radius 1 is 1.29 bits per heavy atom. The molecule has 0 bridgehead atoms. The van der Waals surface area contributed by atoms with Gasteiger partial charge in [-0.05, 0) is 12.8 Å². The molecule has 0 spiro atoms. The molecule has 2 unspecified atom stereocenters. The molecule has 2 atom stereocenters. The number of amides is 2. The van der Waals surface area contributed by atoms with Crippen molar-refractivity contribution >= 4 is 12.0 Å². The van der Waals surface area contributed by atoms with Gasteiger partial charge in [0.05, 0.1) is 5.92 Å². The zero-order valence-electron chi connectivity index (χ0n) is 8.88. The van der Waals surface area contributed by atoms with E-state index in [0.717, 1.165) is 0 Å². The second kappa shape index (κ2) is 5.24. The van der Waals surface area contributed by atoms with E-state index in [2.05, 4.69) is 5.32 Å². The van der Waals surface area contributed by atoms with E-state index in [1.54, 1.807) is 5.32 Å². The molecule has 0 saturated heterocycles. The van der Waals surface area contributed by atoms with Gasteiger partial charge in [-0.25, -0.2) is 4.79 Å². The highest BCUT2D eigenvalue weighted by atomic mass is 19.4. The van der Waals surface area contributed by atoms with Crippen LogP contribution >= 0.6 is 0 Å². The Hall–Kier alpha value is -1.47. The fraction of sp³-hybridized carbons (Fsp3) is 0.778. The third kappa shape index (κ3) is 4.49.